The predicted molar refractivity (Wildman–Crippen MR) is 67.2 cm³/mol. The van der Waals surface area contributed by atoms with Crippen molar-refractivity contribution in [2.45, 2.75) is 25.7 Å². The molecule has 3 nitrogen and oxygen atoms in total. The fourth-order valence-electron chi connectivity index (χ4n) is 1.34. The molecule has 0 N–H and O–H groups in total. The Morgan fingerprint density at radius 2 is 1.31 bits per heavy atom. The molecule has 1 rings (SSSR count). The van der Waals surface area contributed by atoms with Gasteiger partial charge < -0.3 is 14.2 Å². The topological polar surface area (TPSA) is 27.7 Å². The molecule has 0 aliphatic rings. The van der Waals surface area contributed by atoms with E-state index in [1.165, 1.54) is 0 Å². The van der Waals surface area contributed by atoms with Crippen molar-refractivity contribution in [2.24, 2.45) is 0 Å². The highest BCUT2D eigenvalue weighted by atomic mass is 32.1. The van der Waals surface area contributed by atoms with Crippen LogP contribution in [0.2, 0.25) is 0 Å². The quantitative estimate of drug-likeness (QED) is 0.776. The van der Waals surface area contributed by atoms with Gasteiger partial charge in [0.05, 0.1) is 24.7 Å². The van der Waals surface area contributed by atoms with E-state index < -0.39 is 0 Å². The molecular formula is C12H18O3S. The zero-order chi connectivity index (χ0) is 12.0. The molecule has 4 heteroatoms. The van der Waals surface area contributed by atoms with Crippen molar-refractivity contribution in [1.29, 1.82) is 0 Å². The summed E-state index contributed by atoms with van der Waals surface area (Å²) in [5, 5.41) is 0. The lowest BCUT2D eigenvalue weighted by molar-refractivity contribution is 0.296. The molecule has 0 aliphatic carbocycles. The molecule has 0 spiro atoms. The molecule has 0 saturated heterocycles. The molecule has 0 heterocycles. The molecule has 0 unspecified atom stereocenters. The normalized spacial score (nSPS) is 10.0. The fraction of sp³-hybridized carbons (Fsp3) is 0.500. The number of hydrogen-bond acceptors (Lipinski definition) is 4. The van der Waals surface area contributed by atoms with Crippen molar-refractivity contribution in [3.05, 3.63) is 12.1 Å². The van der Waals surface area contributed by atoms with Crippen LogP contribution in [0.3, 0.4) is 0 Å². The summed E-state index contributed by atoms with van der Waals surface area (Å²) < 4.78 is 16.4. The molecule has 0 aliphatic heterocycles. The SMILES string of the molecule is CCOc1cc(OCC)c(S)c(OCC)c1. The van der Waals surface area contributed by atoms with Gasteiger partial charge in [-0.2, -0.15) is 0 Å². The molecule has 0 bridgehead atoms. The van der Waals surface area contributed by atoms with Gasteiger partial charge in [-0.25, -0.2) is 0 Å². The zero-order valence-electron chi connectivity index (χ0n) is 9.95. The molecule has 0 saturated carbocycles. The molecular weight excluding hydrogens is 224 g/mol. The Balaban J connectivity index is 3.05. The van der Waals surface area contributed by atoms with Crippen LogP contribution in [0.5, 0.6) is 17.2 Å². The summed E-state index contributed by atoms with van der Waals surface area (Å²) in [6, 6.07) is 3.66. The smallest absolute Gasteiger partial charge is 0.140 e. The average molecular weight is 242 g/mol. The number of thiol groups is 1. The minimum absolute atomic E-state index is 0.592. The summed E-state index contributed by atoms with van der Waals surface area (Å²) in [6.07, 6.45) is 0. The second kappa shape index (κ2) is 6.53. The van der Waals surface area contributed by atoms with Crippen molar-refractivity contribution in [2.75, 3.05) is 19.8 Å². The molecule has 0 fully saturated rings. The van der Waals surface area contributed by atoms with E-state index in [4.69, 9.17) is 14.2 Å². The van der Waals surface area contributed by atoms with Crippen molar-refractivity contribution in [3.8, 4) is 17.2 Å². The van der Waals surface area contributed by atoms with E-state index in [0.717, 1.165) is 5.75 Å². The lowest BCUT2D eigenvalue weighted by Gasteiger charge is -2.14. The molecule has 0 atom stereocenters. The van der Waals surface area contributed by atoms with E-state index in [0.29, 0.717) is 36.2 Å². The number of rotatable bonds is 6. The summed E-state index contributed by atoms with van der Waals surface area (Å²) in [7, 11) is 0. The van der Waals surface area contributed by atoms with Gasteiger partial charge in [0.25, 0.3) is 0 Å². The first-order chi connectivity index (χ1) is 7.72. The van der Waals surface area contributed by atoms with Crippen LogP contribution in [0, 0.1) is 0 Å². The Morgan fingerprint density at radius 1 is 0.875 bits per heavy atom. The third-order valence-electron chi connectivity index (χ3n) is 1.92. The van der Waals surface area contributed by atoms with E-state index in [-0.39, 0.29) is 0 Å². The Bertz CT molecular complexity index is 312. The number of hydrogen-bond donors (Lipinski definition) is 1. The van der Waals surface area contributed by atoms with Gasteiger partial charge in [-0.15, -0.1) is 12.6 Å². The van der Waals surface area contributed by atoms with Crippen LogP contribution in [-0.2, 0) is 0 Å². The van der Waals surface area contributed by atoms with Crippen LogP contribution < -0.4 is 14.2 Å². The Hall–Kier alpha value is -1.03. The van der Waals surface area contributed by atoms with Crippen molar-refractivity contribution in [1.82, 2.24) is 0 Å². The molecule has 0 aromatic heterocycles. The summed E-state index contributed by atoms with van der Waals surface area (Å²) in [4.78, 5) is 0.715. The van der Waals surface area contributed by atoms with Gasteiger partial charge >= 0.3 is 0 Å². The second-order valence-corrected chi connectivity index (χ2v) is 3.51. The second-order valence-electron chi connectivity index (χ2n) is 3.07. The maximum Gasteiger partial charge on any atom is 0.140 e. The zero-order valence-corrected chi connectivity index (χ0v) is 10.8. The van der Waals surface area contributed by atoms with Crippen molar-refractivity contribution >= 4 is 12.6 Å². The molecule has 0 radical (unpaired) electrons. The molecule has 0 amide bonds. The highest BCUT2D eigenvalue weighted by Crippen LogP contribution is 2.37. The van der Waals surface area contributed by atoms with Gasteiger partial charge in [0, 0.05) is 12.1 Å². The molecule has 1 aromatic carbocycles. The fourth-order valence-corrected chi connectivity index (χ4v) is 1.60. The first kappa shape index (κ1) is 13.0. The van der Waals surface area contributed by atoms with Crippen LogP contribution in [0.15, 0.2) is 17.0 Å². The first-order valence-corrected chi connectivity index (χ1v) is 5.93. The summed E-state index contributed by atoms with van der Waals surface area (Å²) in [5.74, 6) is 2.13. The average Bonchev–Trinajstić information content (AvgIpc) is 2.26. The van der Waals surface area contributed by atoms with Crippen LogP contribution >= 0.6 is 12.6 Å². The van der Waals surface area contributed by atoms with Gasteiger partial charge in [0.2, 0.25) is 0 Å². The van der Waals surface area contributed by atoms with Gasteiger partial charge in [-0.3, -0.25) is 0 Å². The van der Waals surface area contributed by atoms with Crippen LogP contribution in [0.25, 0.3) is 0 Å². The maximum absolute atomic E-state index is 5.47. The van der Waals surface area contributed by atoms with E-state index >= 15 is 0 Å². The van der Waals surface area contributed by atoms with Crippen molar-refractivity contribution in [3.63, 3.8) is 0 Å². The third kappa shape index (κ3) is 3.23. The van der Waals surface area contributed by atoms with Crippen LogP contribution in [-0.4, -0.2) is 19.8 Å². The largest absolute Gasteiger partial charge is 0.494 e. The number of ether oxygens (including phenoxy) is 3. The minimum atomic E-state index is 0.592. The molecule has 1 aromatic rings. The molecule has 16 heavy (non-hydrogen) atoms. The highest BCUT2D eigenvalue weighted by Gasteiger charge is 2.10. The van der Waals surface area contributed by atoms with Crippen LogP contribution in [0.1, 0.15) is 20.8 Å². The van der Waals surface area contributed by atoms with E-state index in [2.05, 4.69) is 12.6 Å². The Morgan fingerprint density at radius 3 is 1.69 bits per heavy atom. The highest BCUT2D eigenvalue weighted by molar-refractivity contribution is 7.80. The first-order valence-electron chi connectivity index (χ1n) is 5.48. The van der Waals surface area contributed by atoms with E-state index in [9.17, 15) is 0 Å². The van der Waals surface area contributed by atoms with Crippen LogP contribution in [0.4, 0.5) is 0 Å². The lowest BCUT2D eigenvalue weighted by Crippen LogP contribution is -1.99. The predicted octanol–water partition coefficient (Wildman–Crippen LogP) is 3.17. The number of benzene rings is 1. The molecule has 90 valence electrons. The third-order valence-corrected chi connectivity index (χ3v) is 2.36. The van der Waals surface area contributed by atoms with E-state index in [1.54, 1.807) is 0 Å². The van der Waals surface area contributed by atoms with E-state index in [1.807, 2.05) is 32.9 Å². The van der Waals surface area contributed by atoms with Gasteiger partial charge in [0.1, 0.15) is 17.2 Å². The maximum atomic E-state index is 5.47. The van der Waals surface area contributed by atoms with Crippen molar-refractivity contribution < 1.29 is 14.2 Å². The van der Waals surface area contributed by atoms with Gasteiger partial charge in [-0.1, -0.05) is 0 Å². The Labute approximate surface area is 102 Å². The van der Waals surface area contributed by atoms with Gasteiger partial charge in [0.15, 0.2) is 0 Å². The summed E-state index contributed by atoms with van der Waals surface area (Å²) in [6.45, 7) is 7.60. The van der Waals surface area contributed by atoms with Gasteiger partial charge in [-0.05, 0) is 20.8 Å². The summed E-state index contributed by atoms with van der Waals surface area (Å²) >= 11 is 4.39. The Kier molecular flexibility index (Phi) is 5.32. The minimum Gasteiger partial charge on any atom is -0.494 e. The summed E-state index contributed by atoms with van der Waals surface area (Å²) in [5.41, 5.74) is 0. The monoisotopic (exact) mass is 242 g/mol. The standard InChI is InChI=1S/C12H18O3S/c1-4-13-9-7-10(14-5-2)12(16)11(8-9)15-6-3/h7-8,16H,4-6H2,1-3H3. The lowest BCUT2D eigenvalue weighted by atomic mass is 10.3.